The Balaban J connectivity index is 1.37. The lowest BCUT2D eigenvalue weighted by Gasteiger charge is -2.08. The Hall–Kier alpha value is -3.15. The molecular weight excluding hydrogens is 404 g/mol. The first kappa shape index (κ1) is 19.2. The molecule has 3 aromatic carbocycles. The second-order valence-corrected chi connectivity index (χ2v) is 7.54. The molecule has 1 N–H and O–H groups in total. The summed E-state index contributed by atoms with van der Waals surface area (Å²) in [6, 6.07) is 24.5. The number of anilines is 1. The summed E-state index contributed by atoms with van der Waals surface area (Å²) in [5.74, 6) is 0.437. The Morgan fingerprint density at radius 3 is 2.45 bits per heavy atom. The Kier molecular flexibility index (Phi) is 5.89. The summed E-state index contributed by atoms with van der Waals surface area (Å²) in [5, 5.41) is 5.92. The fourth-order valence-electron chi connectivity index (χ4n) is 2.72. The third kappa shape index (κ3) is 4.83. The molecule has 0 aliphatic carbocycles. The molecule has 6 heteroatoms. The minimum Gasteiger partial charge on any atom is -0.487 e. The number of amides is 1. The zero-order valence-corrected chi connectivity index (χ0v) is 16.9. The maximum Gasteiger partial charge on any atom is 0.257 e. The van der Waals surface area contributed by atoms with Gasteiger partial charge in [-0.2, -0.15) is 0 Å². The number of hydrogen-bond acceptors (Lipinski definition) is 4. The van der Waals surface area contributed by atoms with Gasteiger partial charge in [0, 0.05) is 16.5 Å². The molecule has 0 bridgehead atoms. The number of nitrogens with zero attached hydrogens (tertiary/aromatic N) is 1. The predicted molar refractivity (Wildman–Crippen MR) is 118 cm³/mol. The fraction of sp³-hybridized carbons (Fsp3) is 0.0435. The predicted octanol–water partition coefficient (Wildman–Crippen LogP) is 6.29. The smallest absolute Gasteiger partial charge is 0.257 e. The van der Waals surface area contributed by atoms with Crippen LogP contribution in [0.1, 0.15) is 15.9 Å². The second-order valence-electron chi connectivity index (χ2n) is 6.27. The third-order valence-electron chi connectivity index (χ3n) is 4.24. The van der Waals surface area contributed by atoms with E-state index in [1.807, 2.05) is 66.0 Å². The highest BCUT2D eigenvalue weighted by atomic mass is 35.5. The molecule has 0 radical (unpaired) electrons. The van der Waals surface area contributed by atoms with Crippen LogP contribution in [0.3, 0.4) is 0 Å². The van der Waals surface area contributed by atoms with Crippen molar-refractivity contribution in [2.24, 2.45) is 0 Å². The van der Waals surface area contributed by atoms with E-state index in [1.54, 1.807) is 18.2 Å². The Morgan fingerprint density at radius 2 is 1.69 bits per heavy atom. The average molecular weight is 421 g/mol. The van der Waals surface area contributed by atoms with Crippen molar-refractivity contribution in [1.82, 2.24) is 4.98 Å². The van der Waals surface area contributed by atoms with Gasteiger partial charge in [-0.15, -0.1) is 11.3 Å². The first-order chi connectivity index (χ1) is 14.2. The van der Waals surface area contributed by atoms with Gasteiger partial charge in [-0.25, -0.2) is 4.98 Å². The van der Waals surface area contributed by atoms with Gasteiger partial charge in [0.1, 0.15) is 12.4 Å². The van der Waals surface area contributed by atoms with Crippen molar-refractivity contribution in [3.05, 3.63) is 100 Å². The fourth-order valence-corrected chi connectivity index (χ4v) is 3.62. The highest BCUT2D eigenvalue weighted by Crippen LogP contribution is 2.26. The van der Waals surface area contributed by atoms with Crippen LogP contribution in [0.5, 0.6) is 5.75 Å². The van der Waals surface area contributed by atoms with Crippen molar-refractivity contribution in [1.29, 1.82) is 0 Å². The van der Waals surface area contributed by atoms with Crippen LogP contribution >= 0.6 is 22.9 Å². The Morgan fingerprint density at radius 1 is 0.966 bits per heavy atom. The molecule has 4 rings (SSSR count). The zero-order chi connectivity index (χ0) is 20.1. The number of hydrogen-bond donors (Lipinski definition) is 1. The van der Waals surface area contributed by atoms with Gasteiger partial charge in [0.25, 0.3) is 5.91 Å². The largest absolute Gasteiger partial charge is 0.487 e. The average Bonchev–Trinajstić information content (AvgIpc) is 3.23. The van der Waals surface area contributed by atoms with Gasteiger partial charge in [0.05, 0.1) is 10.7 Å². The van der Waals surface area contributed by atoms with E-state index in [4.69, 9.17) is 16.3 Å². The summed E-state index contributed by atoms with van der Waals surface area (Å²) in [6.07, 6.45) is 0. The number of carbonyl (C=O) groups is 1. The van der Waals surface area contributed by atoms with Crippen LogP contribution in [0.25, 0.3) is 11.3 Å². The lowest BCUT2D eigenvalue weighted by Crippen LogP contribution is -2.11. The molecule has 0 aliphatic heterocycles. The minimum atomic E-state index is -0.197. The molecule has 29 heavy (non-hydrogen) atoms. The number of nitrogens with one attached hydrogen (secondary N) is 1. The van der Waals surface area contributed by atoms with E-state index in [-0.39, 0.29) is 5.91 Å². The van der Waals surface area contributed by atoms with Gasteiger partial charge in [-0.1, -0.05) is 66.2 Å². The number of aromatic nitrogens is 1. The molecule has 4 nitrogen and oxygen atoms in total. The third-order valence-corrected chi connectivity index (χ3v) is 5.31. The summed E-state index contributed by atoms with van der Waals surface area (Å²) >= 11 is 7.49. The van der Waals surface area contributed by atoms with Gasteiger partial charge in [-0.3, -0.25) is 10.1 Å². The number of para-hydroxylation sites is 1. The van der Waals surface area contributed by atoms with E-state index in [1.165, 1.54) is 11.3 Å². The van der Waals surface area contributed by atoms with Crippen LogP contribution in [-0.4, -0.2) is 10.9 Å². The van der Waals surface area contributed by atoms with Crippen molar-refractivity contribution in [3.63, 3.8) is 0 Å². The van der Waals surface area contributed by atoms with E-state index >= 15 is 0 Å². The van der Waals surface area contributed by atoms with E-state index in [0.29, 0.717) is 28.1 Å². The number of benzene rings is 3. The SMILES string of the molecule is O=C(Nc1nc(-c2ccccc2)cs1)c1ccc(COc2ccccc2Cl)cc1. The maximum atomic E-state index is 12.5. The van der Waals surface area contributed by atoms with E-state index in [9.17, 15) is 4.79 Å². The number of rotatable bonds is 6. The first-order valence-corrected chi connectivity index (χ1v) is 10.2. The van der Waals surface area contributed by atoms with Gasteiger partial charge < -0.3 is 4.74 Å². The van der Waals surface area contributed by atoms with Crippen molar-refractivity contribution in [2.75, 3.05) is 5.32 Å². The van der Waals surface area contributed by atoms with Crippen LogP contribution < -0.4 is 10.1 Å². The Labute approximate surface area is 177 Å². The minimum absolute atomic E-state index is 0.197. The maximum absolute atomic E-state index is 12.5. The standard InChI is InChI=1S/C23H17ClN2O2S/c24-19-8-4-5-9-21(19)28-14-16-10-12-18(13-11-16)22(27)26-23-25-20(15-29-23)17-6-2-1-3-7-17/h1-13,15H,14H2,(H,25,26,27). The number of halogens is 1. The molecule has 1 amide bonds. The van der Waals surface area contributed by atoms with Crippen molar-refractivity contribution >= 4 is 34.0 Å². The van der Waals surface area contributed by atoms with E-state index in [2.05, 4.69) is 10.3 Å². The van der Waals surface area contributed by atoms with Crippen LogP contribution in [-0.2, 0) is 6.61 Å². The summed E-state index contributed by atoms with van der Waals surface area (Å²) < 4.78 is 5.72. The lowest BCUT2D eigenvalue weighted by atomic mass is 10.1. The molecule has 0 saturated heterocycles. The normalized spacial score (nSPS) is 10.5. The summed E-state index contributed by atoms with van der Waals surface area (Å²) in [6.45, 7) is 0.374. The molecule has 1 aromatic heterocycles. The van der Waals surface area contributed by atoms with Crippen molar-refractivity contribution in [2.45, 2.75) is 6.61 Å². The van der Waals surface area contributed by atoms with Gasteiger partial charge >= 0.3 is 0 Å². The number of ether oxygens (including phenoxy) is 1. The summed E-state index contributed by atoms with van der Waals surface area (Å²) in [4.78, 5) is 17.0. The molecule has 144 valence electrons. The molecule has 1 heterocycles. The highest BCUT2D eigenvalue weighted by Gasteiger charge is 2.10. The second kappa shape index (κ2) is 8.90. The van der Waals surface area contributed by atoms with E-state index in [0.717, 1.165) is 16.8 Å². The van der Waals surface area contributed by atoms with Crippen LogP contribution in [0, 0.1) is 0 Å². The van der Waals surface area contributed by atoms with Crippen LogP contribution in [0.15, 0.2) is 84.2 Å². The number of carbonyl (C=O) groups excluding carboxylic acids is 1. The molecule has 0 spiro atoms. The molecule has 0 unspecified atom stereocenters. The molecule has 0 fully saturated rings. The van der Waals surface area contributed by atoms with Gasteiger partial charge in [0.2, 0.25) is 0 Å². The van der Waals surface area contributed by atoms with Crippen LogP contribution in [0.4, 0.5) is 5.13 Å². The number of thiazole rings is 1. The quantitative estimate of drug-likeness (QED) is 0.398. The first-order valence-electron chi connectivity index (χ1n) is 8.97. The molecule has 0 atom stereocenters. The lowest BCUT2D eigenvalue weighted by molar-refractivity contribution is 0.102. The summed E-state index contributed by atoms with van der Waals surface area (Å²) in [7, 11) is 0. The molecule has 0 aliphatic rings. The topological polar surface area (TPSA) is 51.2 Å². The highest BCUT2D eigenvalue weighted by molar-refractivity contribution is 7.14. The zero-order valence-electron chi connectivity index (χ0n) is 15.3. The van der Waals surface area contributed by atoms with Gasteiger partial charge in [-0.05, 0) is 29.8 Å². The van der Waals surface area contributed by atoms with Crippen molar-refractivity contribution < 1.29 is 9.53 Å². The summed E-state index contributed by atoms with van der Waals surface area (Å²) in [5.41, 5.74) is 3.37. The van der Waals surface area contributed by atoms with Gasteiger partial charge in [0.15, 0.2) is 5.13 Å². The molecular formula is C23H17ClN2O2S. The van der Waals surface area contributed by atoms with Crippen LogP contribution in [0.2, 0.25) is 5.02 Å². The molecule has 0 saturated carbocycles. The molecule has 4 aromatic rings. The van der Waals surface area contributed by atoms with E-state index < -0.39 is 0 Å². The van der Waals surface area contributed by atoms with Crippen molar-refractivity contribution in [3.8, 4) is 17.0 Å². The monoisotopic (exact) mass is 420 g/mol. The Bertz CT molecular complexity index is 1110.